The Hall–Kier alpha value is -0.120. The van der Waals surface area contributed by atoms with Crippen LogP contribution in [-0.4, -0.2) is 48.8 Å². The molecule has 1 heterocycles. The number of aliphatic hydroxyl groups is 1. The fourth-order valence-corrected chi connectivity index (χ4v) is 2.65. The average Bonchev–Trinajstić information content (AvgIpc) is 2.24. The second kappa shape index (κ2) is 6.72. The third-order valence-corrected chi connectivity index (χ3v) is 3.98. The monoisotopic (exact) mass is 242 g/mol. The van der Waals surface area contributed by atoms with E-state index < -0.39 is 0 Å². The molecule has 0 radical (unpaired) electrons. The SMILES string of the molecule is CN1CCCCC1CNC(CCO)C(C)(C)C. The molecular formula is C14H30N2O. The van der Waals surface area contributed by atoms with Crippen molar-refractivity contribution in [1.29, 1.82) is 0 Å². The lowest BCUT2D eigenvalue weighted by Crippen LogP contribution is -2.49. The standard InChI is InChI=1S/C14H30N2O/c1-14(2,3)13(8-10-17)15-11-12-7-5-6-9-16(12)4/h12-13,15,17H,5-11H2,1-4H3. The highest BCUT2D eigenvalue weighted by molar-refractivity contribution is 4.84. The van der Waals surface area contributed by atoms with E-state index in [4.69, 9.17) is 5.11 Å². The number of likely N-dealkylation sites (tertiary alicyclic amines) is 1. The van der Waals surface area contributed by atoms with Crippen molar-refractivity contribution < 1.29 is 5.11 Å². The fourth-order valence-electron chi connectivity index (χ4n) is 2.65. The Morgan fingerprint density at radius 3 is 2.59 bits per heavy atom. The summed E-state index contributed by atoms with van der Waals surface area (Å²) in [5.41, 5.74) is 0.218. The van der Waals surface area contributed by atoms with Crippen molar-refractivity contribution in [2.45, 2.75) is 58.5 Å². The van der Waals surface area contributed by atoms with E-state index in [1.54, 1.807) is 0 Å². The minimum atomic E-state index is 0.218. The van der Waals surface area contributed by atoms with Crippen LogP contribution in [0.5, 0.6) is 0 Å². The van der Waals surface area contributed by atoms with Gasteiger partial charge in [0.2, 0.25) is 0 Å². The second-order valence-electron chi connectivity index (χ2n) is 6.47. The molecule has 17 heavy (non-hydrogen) atoms. The molecule has 2 N–H and O–H groups in total. The molecule has 2 unspecified atom stereocenters. The first-order valence-corrected chi connectivity index (χ1v) is 6.99. The molecule has 2 atom stereocenters. The zero-order chi connectivity index (χ0) is 12.9. The number of rotatable bonds is 5. The summed E-state index contributed by atoms with van der Waals surface area (Å²) in [5, 5.41) is 12.8. The lowest BCUT2D eigenvalue weighted by molar-refractivity contribution is 0.151. The molecule has 0 spiro atoms. The smallest absolute Gasteiger partial charge is 0.0446 e. The molecule has 1 fully saturated rings. The van der Waals surface area contributed by atoms with Crippen LogP contribution in [0.3, 0.4) is 0 Å². The van der Waals surface area contributed by atoms with Gasteiger partial charge >= 0.3 is 0 Å². The number of nitrogens with zero attached hydrogens (tertiary/aromatic N) is 1. The molecule has 1 aliphatic rings. The third kappa shape index (κ3) is 4.94. The van der Waals surface area contributed by atoms with Crippen LogP contribution in [0.4, 0.5) is 0 Å². The molecule has 0 amide bonds. The molecule has 0 saturated carbocycles. The van der Waals surface area contributed by atoms with Gasteiger partial charge < -0.3 is 15.3 Å². The Labute approximate surface area is 107 Å². The van der Waals surface area contributed by atoms with Gasteiger partial charge in [-0.15, -0.1) is 0 Å². The molecule has 0 aromatic heterocycles. The van der Waals surface area contributed by atoms with E-state index in [1.807, 2.05) is 0 Å². The summed E-state index contributed by atoms with van der Waals surface area (Å²) in [4.78, 5) is 2.47. The van der Waals surface area contributed by atoms with Gasteiger partial charge in [-0.1, -0.05) is 27.2 Å². The molecule has 3 heteroatoms. The van der Waals surface area contributed by atoms with E-state index >= 15 is 0 Å². The van der Waals surface area contributed by atoms with E-state index in [0.29, 0.717) is 12.1 Å². The summed E-state index contributed by atoms with van der Waals surface area (Å²) in [6.07, 6.45) is 4.85. The van der Waals surface area contributed by atoms with Gasteiger partial charge in [0.1, 0.15) is 0 Å². The highest BCUT2D eigenvalue weighted by atomic mass is 16.3. The summed E-state index contributed by atoms with van der Waals surface area (Å²) in [5.74, 6) is 0. The zero-order valence-corrected chi connectivity index (χ0v) is 12.0. The van der Waals surface area contributed by atoms with Crippen LogP contribution < -0.4 is 5.32 Å². The molecule has 1 saturated heterocycles. The first-order chi connectivity index (χ1) is 7.95. The summed E-state index contributed by atoms with van der Waals surface area (Å²) < 4.78 is 0. The van der Waals surface area contributed by atoms with Crippen molar-refractivity contribution >= 4 is 0 Å². The predicted octanol–water partition coefficient (Wildman–Crippen LogP) is 1.86. The van der Waals surface area contributed by atoms with Gasteiger partial charge in [0, 0.05) is 25.2 Å². The van der Waals surface area contributed by atoms with Crippen LogP contribution in [0.2, 0.25) is 0 Å². The van der Waals surface area contributed by atoms with Gasteiger partial charge in [0.25, 0.3) is 0 Å². The van der Waals surface area contributed by atoms with Gasteiger partial charge in [-0.05, 0) is 38.3 Å². The third-order valence-electron chi connectivity index (χ3n) is 3.98. The summed E-state index contributed by atoms with van der Waals surface area (Å²) in [7, 11) is 2.23. The second-order valence-corrected chi connectivity index (χ2v) is 6.47. The van der Waals surface area contributed by atoms with Crippen molar-refractivity contribution in [1.82, 2.24) is 10.2 Å². The van der Waals surface area contributed by atoms with Crippen molar-refractivity contribution in [3.8, 4) is 0 Å². The highest BCUT2D eigenvalue weighted by Crippen LogP contribution is 2.22. The van der Waals surface area contributed by atoms with Crippen molar-refractivity contribution in [3.63, 3.8) is 0 Å². The van der Waals surface area contributed by atoms with E-state index in [0.717, 1.165) is 13.0 Å². The summed E-state index contributed by atoms with van der Waals surface area (Å²) in [6.45, 7) is 9.28. The molecule has 0 aromatic rings. The first-order valence-electron chi connectivity index (χ1n) is 6.99. The Balaban J connectivity index is 2.40. The van der Waals surface area contributed by atoms with E-state index in [1.165, 1.54) is 25.8 Å². The zero-order valence-electron chi connectivity index (χ0n) is 12.0. The Kier molecular flexibility index (Phi) is 5.90. The minimum absolute atomic E-state index is 0.218. The van der Waals surface area contributed by atoms with Gasteiger partial charge in [-0.3, -0.25) is 0 Å². The van der Waals surface area contributed by atoms with Crippen molar-refractivity contribution in [2.24, 2.45) is 5.41 Å². The van der Waals surface area contributed by atoms with Crippen molar-refractivity contribution in [3.05, 3.63) is 0 Å². The molecule has 3 nitrogen and oxygen atoms in total. The maximum Gasteiger partial charge on any atom is 0.0446 e. The van der Waals surface area contributed by atoms with Crippen LogP contribution in [-0.2, 0) is 0 Å². The van der Waals surface area contributed by atoms with Gasteiger partial charge in [-0.25, -0.2) is 0 Å². The lowest BCUT2D eigenvalue weighted by atomic mass is 9.84. The van der Waals surface area contributed by atoms with Crippen LogP contribution in [0.15, 0.2) is 0 Å². The molecule has 0 aromatic carbocycles. The molecule has 0 bridgehead atoms. The summed E-state index contributed by atoms with van der Waals surface area (Å²) >= 11 is 0. The normalized spacial score (nSPS) is 24.9. The Morgan fingerprint density at radius 2 is 2.06 bits per heavy atom. The Morgan fingerprint density at radius 1 is 1.35 bits per heavy atom. The van der Waals surface area contributed by atoms with E-state index in [9.17, 15) is 0 Å². The number of hydrogen-bond donors (Lipinski definition) is 2. The maximum atomic E-state index is 9.14. The predicted molar refractivity (Wildman–Crippen MR) is 73.2 cm³/mol. The molecule has 1 aliphatic heterocycles. The van der Waals surface area contributed by atoms with Gasteiger partial charge in [0.05, 0.1) is 0 Å². The molecule has 0 aliphatic carbocycles. The van der Waals surface area contributed by atoms with Crippen LogP contribution >= 0.6 is 0 Å². The van der Waals surface area contributed by atoms with Crippen molar-refractivity contribution in [2.75, 3.05) is 26.7 Å². The largest absolute Gasteiger partial charge is 0.396 e. The highest BCUT2D eigenvalue weighted by Gasteiger charge is 2.26. The molecule has 102 valence electrons. The summed E-state index contributed by atoms with van der Waals surface area (Å²) in [6, 6.07) is 1.08. The number of aliphatic hydroxyl groups excluding tert-OH is 1. The molecule has 1 rings (SSSR count). The van der Waals surface area contributed by atoms with Crippen LogP contribution in [0.25, 0.3) is 0 Å². The number of hydrogen-bond acceptors (Lipinski definition) is 3. The Bertz CT molecular complexity index is 213. The molecular weight excluding hydrogens is 212 g/mol. The lowest BCUT2D eigenvalue weighted by Gasteiger charge is -2.37. The number of nitrogens with one attached hydrogen (secondary N) is 1. The topological polar surface area (TPSA) is 35.5 Å². The quantitative estimate of drug-likeness (QED) is 0.772. The number of piperidine rings is 1. The fraction of sp³-hybridized carbons (Fsp3) is 1.00. The van der Waals surface area contributed by atoms with Crippen LogP contribution in [0.1, 0.15) is 46.5 Å². The average molecular weight is 242 g/mol. The first kappa shape index (κ1) is 14.9. The van der Waals surface area contributed by atoms with Gasteiger partial charge in [-0.2, -0.15) is 0 Å². The minimum Gasteiger partial charge on any atom is -0.396 e. The van der Waals surface area contributed by atoms with Crippen LogP contribution in [0, 0.1) is 5.41 Å². The van der Waals surface area contributed by atoms with Gasteiger partial charge in [0.15, 0.2) is 0 Å². The van der Waals surface area contributed by atoms with E-state index in [-0.39, 0.29) is 12.0 Å². The maximum absolute atomic E-state index is 9.14. The van der Waals surface area contributed by atoms with E-state index in [2.05, 4.69) is 38.0 Å². The number of likely N-dealkylation sites (N-methyl/N-ethyl adjacent to an activating group) is 1.